The monoisotopic (exact) mass is 474 g/mol. The molecule has 0 spiro atoms. The fraction of sp³-hybridized carbons (Fsp3) is 0.407. The summed E-state index contributed by atoms with van der Waals surface area (Å²) in [4.78, 5) is 29.4. The maximum Gasteiger partial charge on any atom is 0.228 e. The fourth-order valence-corrected chi connectivity index (χ4v) is 3.41. The molecule has 2 radical (unpaired) electrons. The van der Waals surface area contributed by atoms with Gasteiger partial charge in [-0.05, 0) is 51.7 Å². The van der Waals surface area contributed by atoms with Crippen LogP contribution >= 0.6 is 0 Å². The number of ketones is 1. The second-order valence-corrected chi connectivity index (χ2v) is 8.26. The van der Waals surface area contributed by atoms with Crippen molar-refractivity contribution in [3.05, 3.63) is 48.0 Å². The molecule has 1 amide bonds. The van der Waals surface area contributed by atoms with Crippen molar-refractivity contribution in [2.24, 2.45) is 11.8 Å². The first-order chi connectivity index (χ1) is 16.8. The highest BCUT2D eigenvalue weighted by Crippen LogP contribution is 2.37. The van der Waals surface area contributed by atoms with Gasteiger partial charge in [0, 0.05) is 34.8 Å². The molecule has 0 atom stereocenters. The zero-order chi connectivity index (χ0) is 26.1. The van der Waals surface area contributed by atoms with Gasteiger partial charge in [0.05, 0.1) is 24.0 Å². The second-order valence-electron chi connectivity index (χ2n) is 8.26. The molecule has 2 aliphatic carbocycles. The molecular weight excluding hydrogens is 439 g/mol. The van der Waals surface area contributed by atoms with E-state index in [0.29, 0.717) is 39.8 Å². The van der Waals surface area contributed by atoms with E-state index in [0.717, 1.165) is 25.7 Å². The Balaban J connectivity index is 0.000000803. The van der Waals surface area contributed by atoms with Crippen molar-refractivity contribution in [1.82, 2.24) is 4.98 Å². The Morgan fingerprint density at radius 3 is 2.29 bits per heavy atom. The first-order valence-electron chi connectivity index (χ1n) is 12.0. The summed E-state index contributed by atoms with van der Waals surface area (Å²) < 4.78 is 5.53. The van der Waals surface area contributed by atoms with Gasteiger partial charge in [-0.2, -0.15) is 0 Å². The van der Waals surface area contributed by atoms with E-state index in [-0.39, 0.29) is 29.1 Å². The predicted octanol–water partition coefficient (Wildman–Crippen LogP) is 5.18. The van der Waals surface area contributed by atoms with Crippen LogP contribution in [0.4, 0.5) is 17.2 Å². The number of Topliss-reactive ketones (excluding diaryl/α,β-unsaturated/α-hetero) is 1. The van der Waals surface area contributed by atoms with Crippen LogP contribution in [0.25, 0.3) is 0 Å². The Bertz CT molecular complexity index is 1090. The van der Waals surface area contributed by atoms with Crippen LogP contribution in [0, 0.1) is 17.2 Å². The fourth-order valence-electron chi connectivity index (χ4n) is 3.41. The zero-order valence-electron chi connectivity index (χ0n) is 21.3. The van der Waals surface area contributed by atoms with Gasteiger partial charge >= 0.3 is 0 Å². The largest absolute Gasteiger partial charge is 0.494 e. The van der Waals surface area contributed by atoms with Crippen molar-refractivity contribution in [3.8, 4) is 5.75 Å². The second kappa shape index (κ2) is 12.9. The summed E-state index contributed by atoms with van der Waals surface area (Å²) in [6.07, 6.45) is 5.17. The molecule has 7 nitrogen and oxygen atoms in total. The third kappa shape index (κ3) is 7.28. The lowest BCUT2D eigenvalue weighted by molar-refractivity contribution is -0.117. The third-order valence-electron chi connectivity index (χ3n) is 5.33. The van der Waals surface area contributed by atoms with Crippen LogP contribution in [0.15, 0.2) is 36.9 Å². The summed E-state index contributed by atoms with van der Waals surface area (Å²) in [5, 5.41) is 14.0. The minimum atomic E-state index is -0.0897. The van der Waals surface area contributed by atoms with Gasteiger partial charge in [0.1, 0.15) is 13.7 Å². The maximum absolute atomic E-state index is 12.9. The number of carbonyl (C=O) groups excluding carboxylic acids is 2. The number of carbonyl (C=O) groups is 2. The Morgan fingerprint density at radius 2 is 1.77 bits per heavy atom. The molecule has 4 rings (SSSR count). The molecule has 0 saturated heterocycles. The standard InChI is InChI=1S/C22H23BN4O3.C3H6.C2H6/c1-11(24)14-4-3-5-15(20(14)30-2)25-16-10-17(27-22(29)13-8-9-13)26-21(23)18(16)19(28)12-6-7-12;1-3-2;1-2/h3-5,10,12-13,24H,6-9H2,1-2H3,(H2,25,26,27,29);3H,1H2,2H3;1-2H3. The predicted molar refractivity (Wildman–Crippen MR) is 144 cm³/mol. The Hall–Kier alpha value is -3.42. The molecule has 1 heterocycles. The van der Waals surface area contributed by atoms with Gasteiger partial charge in [-0.3, -0.25) is 9.59 Å². The Kier molecular flexibility index (Phi) is 10.2. The number of anilines is 3. The van der Waals surface area contributed by atoms with E-state index in [2.05, 4.69) is 22.2 Å². The number of hydrogen-bond acceptors (Lipinski definition) is 6. The van der Waals surface area contributed by atoms with E-state index in [1.807, 2.05) is 20.8 Å². The number of hydrogen-bond donors (Lipinski definition) is 3. The lowest BCUT2D eigenvalue weighted by Gasteiger charge is -2.19. The topological polar surface area (TPSA) is 104 Å². The average molecular weight is 474 g/mol. The zero-order valence-corrected chi connectivity index (χ0v) is 21.3. The highest BCUT2D eigenvalue weighted by molar-refractivity contribution is 6.36. The lowest BCUT2D eigenvalue weighted by atomic mass is 9.91. The molecule has 1 aromatic carbocycles. The molecule has 3 N–H and O–H groups in total. The number of nitrogens with zero attached hydrogens (tertiary/aromatic N) is 1. The average Bonchev–Trinajstić information content (AvgIpc) is 3.73. The summed E-state index contributed by atoms with van der Waals surface area (Å²) in [5.41, 5.74) is 2.46. The number of aromatic nitrogens is 1. The molecule has 0 bridgehead atoms. The van der Waals surface area contributed by atoms with Crippen LogP contribution in [0.1, 0.15) is 69.3 Å². The normalized spacial score (nSPS) is 13.7. The van der Waals surface area contributed by atoms with Gasteiger partial charge in [0.2, 0.25) is 5.91 Å². The lowest BCUT2D eigenvalue weighted by Crippen LogP contribution is -2.25. The van der Waals surface area contributed by atoms with Crippen LogP contribution < -0.4 is 21.0 Å². The van der Waals surface area contributed by atoms with Crippen LogP contribution in [0.2, 0.25) is 0 Å². The van der Waals surface area contributed by atoms with Gasteiger partial charge in [0.15, 0.2) is 11.5 Å². The minimum Gasteiger partial charge on any atom is -0.494 e. The van der Waals surface area contributed by atoms with Crippen molar-refractivity contribution < 1.29 is 14.3 Å². The number of pyridine rings is 1. The summed E-state index contributed by atoms with van der Waals surface area (Å²) in [5.74, 6) is 0.628. The molecule has 2 fully saturated rings. The molecular formula is C27H35BN4O3. The molecule has 35 heavy (non-hydrogen) atoms. The summed E-state index contributed by atoms with van der Waals surface area (Å²) in [7, 11) is 7.70. The SMILES string of the molecule is C=CC.CC.[B]c1nc(NC(=O)C2CC2)cc(Nc2cccc(C(C)=N)c2OC)c1C(=O)C1CC1. The summed E-state index contributed by atoms with van der Waals surface area (Å²) in [6, 6.07) is 7.04. The molecule has 2 aliphatic rings. The quantitative estimate of drug-likeness (QED) is 0.212. The highest BCUT2D eigenvalue weighted by Gasteiger charge is 2.34. The van der Waals surface area contributed by atoms with Crippen molar-refractivity contribution in [2.45, 2.75) is 53.4 Å². The minimum absolute atomic E-state index is 0.0181. The van der Waals surface area contributed by atoms with Crippen LogP contribution in [-0.2, 0) is 4.79 Å². The van der Waals surface area contributed by atoms with Crippen LogP contribution in [0.3, 0.4) is 0 Å². The van der Waals surface area contributed by atoms with E-state index < -0.39 is 0 Å². The number of benzene rings is 1. The highest BCUT2D eigenvalue weighted by atomic mass is 16.5. The van der Waals surface area contributed by atoms with Gasteiger partial charge in [-0.25, -0.2) is 4.98 Å². The van der Waals surface area contributed by atoms with E-state index in [1.54, 1.807) is 37.3 Å². The number of para-hydroxylation sites is 1. The van der Waals surface area contributed by atoms with Gasteiger partial charge in [-0.1, -0.05) is 26.0 Å². The van der Waals surface area contributed by atoms with Gasteiger partial charge in [0.25, 0.3) is 0 Å². The van der Waals surface area contributed by atoms with Crippen LogP contribution in [0.5, 0.6) is 5.75 Å². The van der Waals surface area contributed by atoms with Crippen molar-refractivity contribution >= 4 is 48.0 Å². The molecule has 2 aromatic rings. The molecule has 0 aliphatic heterocycles. The third-order valence-corrected chi connectivity index (χ3v) is 5.33. The molecule has 1 aromatic heterocycles. The summed E-state index contributed by atoms with van der Waals surface area (Å²) >= 11 is 0. The molecule has 2 saturated carbocycles. The number of allylic oxidation sites excluding steroid dienone is 1. The number of nitrogens with one attached hydrogen (secondary N) is 3. The number of ether oxygens (including phenoxy) is 1. The van der Waals surface area contributed by atoms with Crippen molar-refractivity contribution in [3.63, 3.8) is 0 Å². The summed E-state index contributed by atoms with van der Waals surface area (Å²) in [6.45, 7) is 10.9. The molecule has 8 heteroatoms. The van der Waals surface area contributed by atoms with Gasteiger partial charge < -0.3 is 20.8 Å². The van der Waals surface area contributed by atoms with Crippen LogP contribution in [-0.4, -0.2) is 37.3 Å². The van der Waals surface area contributed by atoms with E-state index in [1.165, 1.54) is 7.11 Å². The number of rotatable bonds is 8. The van der Waals surface area contributed by atoms with Crippen molar-refractivity contribution in [1.29, 1.82) is 5.41 Å². The number of amides is 1. The maximum atomic E-state index is 12.9. The number of methoxy groups -OCH3 is 1. The van der Waals surface area contributed by atoms with E-state index >= 15 is 0 Å². The molecule has 0 unspecified atom stereocenters. The smallest absolute Gasteiger partial charge is 0.228 e. The Morgan fingerprint density at radius 1 is 1.17 bits per heavy atom. The van der Waals surface area contributed by atoms with Crippen molar-refractivity contribution in [2.75, 3.05) is 17.7 Å². The van der Waals surface area contributed by atoms with E-state index in [4.69, 9.17) is 18.0 Å². The molecule has 184 valence electrons. The first-order valence-corrected chi connectivity index (χ1v) is 12.0. The van der Waals surface area contributed by atoms with E-state index in [9.17, 15) is 9.59 Å². The Labute approximate surface area is 209 Å². The first kappa shape index (κ1) is 27.8. The van der Waals surface area contributed by atoms with Gasteiger partial charge in [-0.15, -0.1) is 6.58 Å².